The fourth-order valence-corrected chi connectivity index (χ4v) is 3.05. The molecule has 0 spiro atoms. The molecule has 0 saturated carbocycles. The number of amides is 1. The van der Waals surface area contributed by atoms with Crippen molar-refractivity contribution >= 4 is 17.7 Å². The Kier molecular flexibility index (Phi) is 4.76. The van der Waals surface area contributed by atoms with Crippen molar-refractivity contribution in [3.8, 4) is 0 Å². The van der Waals surface area contributed by atoms with E-state index in [2.05, 4.69) is 31.2 Å². The van der Waals surface area contributed by atoms with Crippen molar-refractivity contribution in [2.24, 2.45) is 5.92 Å². The average Bonchev–Trinajstić information content (AvgIpc) is 2.37. The standard InChI is InChI=1S/C16H23NO2S/c1-12(2)16(19)10-17(11-16)15(18)8-9-20-14-6-4-13(3)5-7-14/h4-7,12,19H,8-11H2,1-3H3. The Balaban J connectivity index is 1.70. The van der Waals surface area contributed by atoms with Gasteiger partial charge in [0.05, 0.1) is 13.1 Å². The van der Waals surface area contributed by atoms with Crippen LogP contribution in [-0.2, 0) is 4.79 Å². The van der Waals surface area contributed by atoms with Crippen LogP contribution in [0.15, 0.2) is 29.2 Å². The Morgan fingerprint density at radius 3 is 2.50 bits per heavy atom. The first-order valence-electron chi connectivity index (χ1n) is 7.10. The van der Waals surface area contributed by atoms with E-state index in [4.69, 9.17) is 0 Å². The Morgan fingerprint density at radius 2 is 1.95 bits per heavy atom. The summed E-state index contributed by atoms with van der Waals surface area (Å²) < 4.78 is 0. The van der Waals surface area contributed by atoms with E-state index in [1.165, 1.54) is 10.5 Å². The van der Waals surface area contributed by atoms with Crippen LogP contribution in [0.1, 0.15) is 25.8 Å². The van der Waals surface area contributed by atoms with E-state index in [9.17, 15) is 9.90 Å². The molecule has 3 nitrogen and oxygen atoms in total. The summed E-state index contributed by atoms with van der Waals surface area (Å²) >= 11 is 1.71. The second kappa shape index (κ2) is 6.19. The zero-order valence-corrected chi connectivity index (χ0v) is 13.2. The van der Waals surface area contributed by atoms with Crippen LogP contribution < -0.4 is 0 Å². The average molecular weight is 293 g/mol. The van der Waals surface area contributed by atoms with Crippen LogP contribution in [0.5, 0.6) is 0 Å². The molecule has 1 aromatic carbocycles. The van der Waals surface area contributed by atoms with Crippen molar-refractivity contribution in [3.63, 3.8) is 0 Å². The van der Waals surface area contributed by atoms with E-state index in [-0.39, 0.29) is 11.8 Å². The molecule has 0 bridgehead atoms. The Morgan fingerprint density at radius 1 is 1.35 bits per heavy atom. The number of aryl methyl sites for hydroxylation is 1. The number of benzene rings is 1. The number of nitrogens with zero attached hydrogens (tertiary/aromatic N) is 1. The highest BCUT2D eigenvalue weighted by molar-refractivity contribution is 7.99. The normalized spacial score (nSPS) is 17.1. The number of hydrogen-bond acceptors (Lipinski definition) is 3. The molecule has 20 heavy (non-hydrogen) atoms. The third-order valence-electron chi connectivity index (χ3n) is 3.96. The summed E-state index contributed by atoms with van der Waals surface area (Å²) in [7, 11) is 0. The predicted octanol–water partition coefficient (Wildman–Crippen LogP) is 2.71. The van der Waals surface area contributed by atoms with Crippen LogP contribution in [0, 0.1) is 12.8 Å². The molecule has 1 saturated heterocycles. The number of hydrogen-bond donors (Lipinski definition) is 1. The van der Waals surface area contributed by atoms with Gasteiger partial charge in [0.2, 0.25) is 5.91 Å². The molecule has 1 N–H and O–H groups in total. The molecule has 1 fully saturated rings. The Hall–Kier alpha value is -1.00. The molecule has 4 heteroatoms. The molecular formula is C16H23NO2S. The van der Waals surface area contributed by atoms with E-state index in [1.54, 1.807) is 16.7 Å². The first kappa shape index (κ1) is 15.4. The van der Waals surface area contributed by atoms with E-state index in [0.29, 0.717) is 19.5 Å². The molecule has 0 unspecified atom stereocenters. The largest absolute Gasteiger partial charge is 0.386 e. The molecule has 1 amide bonds. The van der Waals surface area contributed by atoms with E-state index < -0.39 is 5.60 Å². The zero-order valence-electron chi connectivity index (χ0n) is 12.4. The van der Waals surface area contributed by atoms with E-state index in [1.807, 2.05) is 13.8 Å². The lowest BCUT2D eigenvalue weighted by Crippen LogP contribution is -2.66. The molecule has 0 aromatic heterocycles. The van der Waals surface area contributed by atoms with Crippen LogP contribution in [0.3, 0.4) is 0 Å². The van der Waals surface area contributed by atoms with Crippen LogP contribution in [0.25, 0.3) is 0 Å². The highest BCUT2D eigenvalue weighted by Gasteiger charge is 2.45. The molecule has 0 radical (unpaired) electrons. The maximum atomic E-state index is 12.0. The lowest BCUT2D eigenvalue weighted by atomic mass is 9.83. The fraction of sp³-hybridized carbons (Fsp3) is 0.562. The van der Waals surface area contributed by atoms with Crippen molar-refractivity contribution in [1.82, 2.24) is 4.90 Å². The second-order valence-electron chi connectivity index (χ2n) is 5.92. The lowest BCUT2D eigenvalue weighted by molar-refractivity contribution is -0.163. The van der Waals surface area contributed by atoms with Gasteiger partial charge in [0.25, 0.3) is 0 Å². The summed E-state index contributed by atoms with van der Waals surface area (Å²) in [5, 5.41) is 10.1. The van der Waals surface area contributed by atoms with Crippen molar-refractivity contribution < 1.29 is 9.90 Å². The summed E-state index contributed by atoms with van der Waals surface area (Å²) in [5.41, 5.74) is 0.582. The van der Waals surface area contributed by atoms with Gasteiger partial charge in [-0.2, -0.15) is 0 Å². The van der Waals surface area contributed by atoms with Crippen LogP contribution in [0.2, 0.25) is 0 Å². The Bertz CT molecular complexity index is 464. The van der Waals surface area contributed by atoms with Gasteiger partial charge >= 0.3 is 0 Å². The fourth-order valence-electron chi connectivity index (χ4n) is 2.21. The smallest absolute Gasteiger partial charge is 0.223 e. The molecule has 1 aliphatic rings. The first-order valence-corrected chi connectivity index (χ1v) is 8.09. The van der Waals surface area contributed by atoms with Gasteiger partial charge in [0, 0.05) is 17.1 Å². The molecule has 110 valence electrons. The van der Waals surface area contributed by atoms with Crippen LogP contribution in [0.4, 0.5) is 0 Å². The van der Waals surface area contributed by atoms with Crippen LogP contribution >= 0.6 is 11.8 Å². The highest BCUT2D eigenvalue weighted by Crippen LogP contribution is 2.29. The monoisotopic (exact) mass is 293 g/mol. The molecule has 1 heterocycles. The van der Waals surface area contributed by atoms with Crippen molar-refractivity contribution in [1.29, 1.82) is 0 Å². The number of thioether (sulfide) groups is 1. The first-order chi connectivity index (χ1) is 9.40. The molecular weight excluding hydrogens is 270 g/mol. The number of likely N-dealkylation sites (tertiary alicyclic amines) is 1. The number of aliphatic hydroxyl groups is 1. The molecule has 0 atom stereocenters. The summed E-state index contributed by atoms with van der Waals surface area (Å²) in [5.74, 6) is 1.14. The van der Waals surface area contributed by atoms with Gasteiger partial charge in [0.15, 0.2) is 0 Å². The van der Waals surface area contributed by atoms with Gasteiger partial charge in [-0.15, -0.1) is 11.8 Å². The van der Waals surface area contributed by atoms with Gasteiger partial charge in [-0.3, -0.25) is 4.79 Å². The third-order valence-corrected chi connectivity index (χ3v) is 4.98. The van der Waals surface area contributed by atoms with E-state index >= 15 is 0 Å². The van der Waals surface area contributed by atoms with Gasteiger partial charge in [-0.05, 0) is 25.0 Å². The quantitative estimate of drug-likeness (QED) is 0.849. The minimum absolute atomic E-state index is 0.148. The van der Waals surface area contributed by atoms with Gasteiger partial charge in [-0.25, -0.2) is 0 Å². The predicted molar refractivity (Wildman–Crippen MR) is 82.9 cm³/mol. The van der Waals surface area contributed by atoms with Gasteiger partial charge < -0.3 is 10.0 Å². The summed E-state index contributed by atoms with van der Waals surface area (Å²) in [6, 6.07) is 8.35. The number of β-amino-alcohol motifs (C(OH)–C–C–N with tert-alkyl or cyclic N) is 1. The molecule has 2 rings (SSSR count). The zero-order chi connectivity index (χ0) is 14.8. The maximum Gasteiger partial charge on any atom is 0.223 e. The molecule has 1 aromatic rings. The third kappa shape index (κ3) is 3.55. The summed E-state index contributed by atoms with van der Waals surface area (Å²) in [4.78, 5) is 14.9. The maximum absolute atomic E-state index is 12.0. The summed E-state index contributed by atoms with van der Waals surface area (Å²) in [6.07, 6.45) is 0.534. The Labute approximate surface area is 125 Å². The van der Waals surface area contributed by atoms with Crippen LogP contribution in [-0.4, -0.2) is 40.4 Å². The number of carbonyl (C=O) groups is 1. The minimum atomic E-state index is -0.667. The number of rotatable bonds is 5. The second-order valence-corrected chi connectivity index (χ2v) is 7.09. The minimum Gasteiger partial charge on any atom is -0.386 e. The lowest BCUT2D eigenvalue weighted by Gasteiger charge is -2.49. The SMILES string of the molecule is Cc1ccc(SCCC(=O)N2CC(O)(C(C)C)C2)cc1. The summed E-state index contributed by atoms with van der Waals surface area (Å²) in [6.45, 7) is 7.03. The van der Waals surface area contributed by atoms with Gasteiger partial charge in [0.1, 0.15) is 5.60 Å². The van der Waals surface area contributed by atoms with Crippen molar-refractivity contribution in [3.05, 3.63) is 29.8 Å². The van der Waals surface area contributed by atoms with Crippen molar-refractivity contribution in [2.75, 3.05) is 18.8 Å². The number of carbonyl (C=O) groups excluding carboxylic acids is 1. The van der Waals surface area contributed by atoms with E-state index in [0.717, 1.165) is 5.75 Å². The molecule has 0 aliphatic carbocycles. The van der Waals surface area contributed by atoms with Crippen molar-refractivity contribution in [2.45, 2.75) is 37.7 Å². The van der Waals surface area contributed by atoms with Gasteiger partial charge in [-0.1, -0.05) is 31.5 Å². The highest BCUT2D eigenvalue weighted by atomic mass is 32.2. The molecule has 1 aliphatic heterocycles. The topological polar surface area (TPSA) is 40.5 Å².